The molecule has 0 bridgehead atoms. The van der Waals surface area contributed by atoms with Crippen molar-refractivity contribution in [3.8, 4) is 0 Å². The zero-order valence-electron chi connectivity index (χ0n) is 10.1. The summed E-state index contributed by atoms with van der Waals surface area (Å²) in [5.74, 6) is -1.06. The molecule has 5 heteroatoms. The Labute approximate surface area is 127 Å². The van der Waals surface area contributed by atoms with Crippen molar-refractivity contribution in [1.82, 2.24) is 0 Å². The SMILES string of the molecule is Cc1c(Br)cccc1C(N)c1cc(F)c(Br)cc1F. The summed E-state index contributed by atoms with van der Waals surface area (Å²) in [4.78, 5) is 0. The molecule has 100 valence electrons. The second kappa shape index (κ2) is 5.69. The Kier molecular flexibility index (Phi) is 4.38. The number of hydrogen-bond donors (Lipinski definition) is 1. The Morgan fingerprint density at radius 1 is 1.00 bits per heavy atom. The fourth-order valence-corrected chi connectivity index (χ4v) is 2.60. The minimum Gasteiger partial charge on any atom is -0.320 e. The van der Waals surface area contributed by atoms with Gasteiger partial charge in [0.1, 0.15) is 11.6 Å². The van der Waals surface area contributed by atoms with Crippen LogP contribution in [0.4, 0.5) is 8.78 Å². The van der Waals surface area contributed by atoms with Gasteiger partial charge in [-0.3, -0.25) is 0 Å². The Morgan fingerprint density at radius 2 is 1.68 bits per heavy atom. The third-order valence-electron chi connectivity index (χ3n) is 3.02. The van der Waals surface area contributed by atoms with Crippen molar-refractivity contribution in [3.63, 3.8) is 0 Å². The van der Waals surface area contributed by atoms with Crippen LogP contribution < -0.4 is 5.73 Å². The molecule has 1 nitrogen and oxygen atoms in total. The first kappa shape index (κ1) is 14.6. The zero-order valence-corrected chi connectivity index (χ0v) is 13.2. The van der Waals surface area contributed by atoms with Crippen molar-refractivity contribution in [2.45, 2.75) is 13.0 Å². The highest BCUT2D eigenvalue weighted by Crippen LogP contribution is 2.30. The molecule has 2 aromatic carbocycles. The second-order valence-corrected chi connectivity index (χ2v) is 5.93. The molecule has 0 radical (unpaired) electrons. The highest BCUT2D eigenvalue weighted by Gasteiger charge is 2.18. The van der Waals surface area contributed by atoms with E-state index in [9.17, 15) is 8.78 Å². The average molecular weight is 391 g/mol. The van der Waals surface area contributed by atoms with Gasteiger partial charge in [0, 0.05) is 10.0 Å². The topological polar surface area (TPSA) is 26.0 Å². The third kappa shape index (κ3) is 2.88. The number of hydrogen-bond acceptors (Lipinski definition) is 1. The van der Waals surface area contributed by atoms with Crippen molar-refractivity contribution >= 4 is 31.9 Å². The monoisotopic (exact) mass is 389 g/mol. The molecule has 0 spiro atoms. The number of nitrogens with two attached hydrogens (primary N) is 1. The quantitative estimate of drug-likeness (QED) is 0.729. The molecule has 0 amide bonds. The van der Waals surface area contributed by atoms with Crippen LogP contribution >= 0.6 is 31.9 Å². The molecule has 0 heterocycles. The molecule has 0 aliphatic rings. The Hall–Kier alpha value is -0.780. The zero-order chi connectivity index (χ0) is 14.2. The summed E-state index contributed by atoms with van der Waals surface area (Å²) in [6.07, 6.45) is 0. The van der Waals surface area contributed by atoms with E-state index in [-0.39, 0.29) is 10.0 Å². The largest absolute Gasteiger partial charge is 0.320 e. The Balaban J connectivity index is 2.53. The first-order valence-electron chi connectivity index (χ1n) is 5.57. The number of benzene rings is 2. The van der Waals surface area contributed by atoms with Gasteiger partial charge in [-0.15, -0.1) is 0 Å². The fourth-order valence-electron chi connectivity index (χ4n) is 1.90. The van der Waals surface area contributed by atoms with Gasteiger partial charge in [0.25, 0.3) is 0 Å². The predicted molar refractivity (Wildman–Crippen MR) is 79.0 cm³/mol. The lowest BCUT2D eigenvalue weighted by Gasteiger charge is -2.17. The standard InChI is InChI=1S/C14H11Br2F2N/c1-7-8(3-2-4-10(7)15)14(19)9-5-13(18)11(16)6-12(9)17/h2-6,14H,19H2,1H3. The molecule has 2 aromatic rings. The van der Waals surface area contributed by atoms with E-state index >= 15 is 0 Å². The summed E-state index contributed by atoms with van der Waals surface area (Å²) < 4.78 is 28.4. The van der Waals surface area contributed by atoms with Gasteiger partial charge < -0.3 is 5.73 Å². The van der Waals surface area contributed by atoms with E-state index in [4.69, 9.17) is 5.73 Å². The van der Waals surface area contributed by atoms with Crippen molar-refractivity contribution in [1.29, 1.82) is 0 Å². The van der Waals surface area contributed by atoms with E-state index in [0.717, 1.165) is 27.7 Å². The molecule has 19 heavy (non-hydrogen) atoms. The lowest BCUT2D eigenvalue weighted by molar-refractivity contribution is 0.572. The molecule has 2 N–H and O–H groups in total. The maximum absolute atomic E-state index is 13.9. The van der Waals surface area contributed by atoms with Crippen molar-refractivity contribution in [2.75, 3.05) is 0 Å². The summed E-state index contributed by atoms with van der Waals surface area (Å²) in [6, 6.07) is 7.02. The lowest BCUT2D eigenvalue weighted by atomic mass is 9.95. The van der Waals surface area contributed by atoms with Gasteiger partial charge in [0.05, 0.1) is 10.5 Å². The van der Waals surface area contributed by atoms with Crippen LogP contribution in [0.25, 0.3) is 0 Å². The molecule has 0 saturated carbocycles. The van der Waals surface area contributed by atoms with Gasteiger partial charge in [-0.1, -0.05) is 28.1 Å². The minimum atomic E-state index is -0.708. The highest BCUT2D eigenvalue weighted by atomic mass is 79.9. The summed E-state index contributed by atoms with van der Waals surface area (Å²) in [7, 11) is 0. The Morgan fingerprint density at radius 3 is 2.37 bits per heavy atom. The van der Waals surface area contributed by atoms with Gasteiger partial charge in [0.15, 0.2) is 0 Å². The number of rotatable bonds is 2. The van der Waals surface area contributed by atoms with Gasteiger partial charge in [-0.05, 0) is 52.2 Å². The molecule has 0 aliphatic heterocycles. The van der Waals surface area contributed by atoms with E-state index in [2.05, 4.69) is 31.9 Å². The first-order valence-corrected chi connectivity index (χ1v) is 7.15. The van der Waals surface area contributed by atoms with E-state index in [0.29, 0.717) is 0 Å². The van der Waals surface area contributed by atoms with Crippen LogP contribution in [-0.2, 0) is 0 Å². The smallest absolute Gasteiger partial charge is 0.137 e. The van der Waals surface area contributed by atoms with Crippen LogP contribution in [0, 0.1) is 18.6 Å². The number of halogens is 4. The van der Waals surface area contributed by atoms with Crippen LogP contribution in [0.1, 0.15) is 22.7 Å². The molecule has 2 rings (SSSR count). The van der Waals surface area contributed by atoms with Crippen LogP contribution in [0.3, 0.4) is 0 Å². The van der Waals surface area contributed by atoms with Crippen LogP contribution in [0.15, 0.2) is 39.3 Å². The minimum absolute atomic E-state index is 0.0897. The normalized spacial score (nSPS) is 12.5. The molecule has 0 saturated heterocycles. The van der Waals surface area contributed by atoms with Crippen LogP contribution in [0.2, 0.25) is 0 Å². The molecule has 0 aromatic heterocycles. The van der Waals surface area contributed by atoms with Crippen molar-refractivity contribution in [3.05, 3.63) is 67.6 Å². The molecule has 1 unspecified atom stereocenters. The third-order valence-corrected chi connectivity index (χ3v) is 4.49. The molecular weight excluding hydrogens is 380 g/mol. The van der Waals surface area contributed by atoms with E-state index in [1.807, 2.05) is 25.1 Å². The van der Waals surface area contributed by atoms with Crippen LogP contribution in [-0.4, -0.2) is 0 Å². The van der Waals surface area contributed by atoms with Crippen molar-refractivity contribution < 1.29 is 8.78 Å². The summed E-state index contributed by atoms with van der Waals surface area (Å²) in [6.45, 7) is 1.88. The van der Waals surface area contributed by atoms with Gasteiger partial charge in [0.2, 0.25) is 0 Å². The maximum Gasteiger partial charge on any atom is 0.137 e. The summed E-state index contributed by atoms with van der Waals surface area (Å²) in [5.41, 5.74) is 7.88. The molecular formula is C14H11Br2F2N. The average Bonchev–Trinajstić information content (AvgIpc) is 2.36. The molecule has 1 atom stereocenters. The van der Waals surface area contributed by atoms with E-state index in [1.165, 1.54) is 0 Å². The van der Waals surface area contributed by atoms with E-state index < -0.39 is 17.7 Å². The fraction of sp³-hybridized carbons (Fsp3) is 0.143. The van der Waals surface area contributed by atoms with Gasteiger partial charge in [-0.2, -0.15) is 0 Å². The Bertz CT molecular complexity index is 629. The summed E-state index contributed by atoms with van der Waals surface area (Å²) >= 11 is 6.35. The van der Waals surface area contributed by atoms with E-state index in [1.54, 1.807) is 0 Å². The van der Waals surface area contributed by atoms with Crippen LogP contribution in [0.5, 0.6) is 0 Å². The van der Waals surface area contributed by atoms with Gasteiger partial charge in [-0.25, -0.2) is 8.78 Å². The lowest BCUT2D eigenvalue weighted by Crippen LogP contribution is -2.15. The van der Waals surface area contributed by atoms with Gasteiger partial charge >= 0.3 is 0 Å². The molecule has 0 fully saturated rings. The molecule has 0 aliphatic carbocycles. The maximum atomic E-state index is 13.9. The predicted octanol–water partition coefficient (Wildman–Crippen LogP) is 4.85. The highest BCUT2D eigenvalue weighted by molar-refractivity contribution is 9.10. The van der Waals surface area contributed by atoms with Crippen molar-refractivity contribution in [2.24, 2.45) is 5.73 Å². The first-order chi connectivity index (χ1) is 8.91. The summed E-state index contributed by atoms with van der Waals surface area (Å²) in [5, 5.41) is 0. The second-order valence-electron chi connectivity index (χ2n) is 4.22.